The van der Waals surface area contributed by atoms with Gasteiger partial charge in [-0.3, -0.25) is 0 Å². The largest absolute Gasteiger partial charge is 0.492 e. The summed E-state index contributed by atoms with van der Waals surface area (Å²) in [7, 11) is 2.03. The van der Waals surface area contributed by atoms with Crippen molar-refractivity contribution >= 4 is 5.69 Å². The van der Waals surface area contributed by atoms with Crippen molar-refractivity contribution in [2.24, 2.45) is 0 Å². The van der Waals surface area contributed by atoms with Crippen LogP contribution in [0.3, 0.4) is 0 Å². The van der Waals surface area contributed by atoms with E-state index in [0.29, 0.717) is 6.04 Å². The molecule has 1 atom stereocenters. The fraction of sp³-hybridized carbons (Fsp3) is 0.625. The van der Waals surface area contributed by atoms with E-state index >= 15 is 0 Å². The van der Waals surface area contributed by atoms with Crippen molar-refractivity contribution < 1.29 is 4.74 Å². The van der Waals surface area contributed by atoms with E-state index < -0.39 is 0 Å². The van der Waals surface area contributed by atoms with Crippen molar-refractivity contribution in [1.82, 2.24) is 5.32 Å². The van der Waals surface area contributed by atoms with Gasteiger partial charge in [0.25, 0.3) is 0 Å². The summed E-state index contributed by atoms with van der Waals surface area (Å²) in [4.78, 5) is 2.55. The highest BCUT2D eigenvalue weighted by atomic mass is 16.5. The maximum Gasteiger partial charge on any atom is 0.142 e. The summed E-state index contributed by atoms with van der Waals surface area (Å²) in [6.45, 7) is 5.01. The smallest absolute Gasteiger partial charge is 0.142 e. The van der Waals surface area contributed by atoms with Crippen LogP contribution in [0.25, 0.3) is 0 Å². The molecular formula is C16H26N2O. The zero-order valence-electron chi connectivity index (χ0n) is 12.2. The predicted molar refractivity (Wildman–Crippen MR) is 81.1 cm³/mol. The Morgan fingerprint density at radius 1 is 1.32 bits per heavy atom. The minimum Gasteiger partial charge on any atom is -0.492 e. The first-order valence-corrected chi connectivity index (χ1v) is 7.50. The van der Waals surface area contributed by atoms with E-state index in [-0.39, 0.29) is 0 Å². The number of benzene rings is 1. The van der Waals surface area contributed by atoms with Gasteiger partial charge in [-0.2, -0.15) is 0 Å². The van der Waals surface area contributed by atoms with E-state index in [1.54, 1.807) is 0 Å². The Kier molecular flexibility index (Phi) is 5.52. The molecule has 1 N–H and O–H groups in total. The molecule has 0 spiro atoms. The summed E-state index contributed by atoms with van der Waals surface area (Å²) in [6.07, 6.45) is 5.14. The summed E-state index contributed by atoms with van der Waals surface area (Å²) < 4.78 is 5.79. The fourth-order valence-electron chi connectivity index (χ4n) is 2.90. The molecule has 0 aromatic heterocycles. The van der Waals surface area contributed by atoms with Crippen LogP contribution in [-0.4, -0.2) is 32.8 Å². The first-order chi connectivity index (χ1) is 9.36. The molecule has 1 saturated heterocycles. The molecule has 1 aromatic rings. The van der Waals surface area contributed by atoms with Gasteiger partial charge in [0.05, 0.1) is 12.3 Å². The second kappa shape index (κ2) is 7.39. The van der Waals surface area contributed by atoms with Gasteiger partial charge in [-0.1, -0.05) is 12.1 Å². The number of para-hydroxylation sites is 2. The number of ether oxygens (including phenoxy) is 1. The molecule has 1 unspecified atom stereocenters. The van der Waals surface area contributed by atoms with Crippen LogP contribution in [0.1, 0.15) is 32.6 Å². The lowest BCUT2D eigenvalue weighted by Gasteiger charge is -2.38. The van der Waals surface area contributed by atoms with E-state index in [1.807, 2.05) is 14.0 Å². The first-order valence-electron chi connectivity index (χ1n) is 7.50. The highest BCUT2D eigenvalue weighted by molar-refractivity contribution is 5.59. The van der Waals surface area contributed by atoms with Gasteiger partial charge in [0.15, 0.2) is 0 Å². The molecule has 1 fully saturated rings. The number of nitrogens with zero attached hydrogens (tertiary/aromatic N) is 1. The Morgan fingerprint density at radius 2 is 2.16 bits per heavy atom. The van der Waals surface area contributed by atoms with Gasteiger partial charge in [0, 0.05) is 12.6 Å². The second-order valence-corrected chi connectivity index (χ2v) is 5.14. The lowest BCUT2D eigenvalue weighted by Crippen LogP contribution is -2.41. The predicted octanol–water partition coefficient (Wildman–Crippen LogP) is 3.05. The molecule has 0 bridgehead atoms. The Bertz CT molecular complexity index is 381. The molecule has 1 aliphatic rings. The van der Waals surface area contributed by atoms with E-state index in [2.05, 4.69) is 34.5 Å². The van der Waals surface area contributed by atoms with Crippen molar-refractivity contribution in [2.45, 2.75) is 38.6 Å². The molecule has 106 valence electrons. The number of anilines is 1. The second-order valence-electron chi connectivity index (χ2n) is 5.14. The third-order valence-electron chi connectivity index (χ3n) is 3.83. The molecule has 1 heterocycles. The molecule has 1 aliphatic heterocycles. The van der Waals surface area contributed by atoms with Crippen molar-refractivity contribution in [3.63, 3.8) is 0 Å². The summed E-state index contributed by atoms with van der Waals surface area (Å²) in [5.74, 6) is 1.03. The molecule has 3 nitrogen and oxygen atoms in total. The van der Waals surface area contributed by atoms with Crippen molar-refractivity contribution in [1.29, 1.82) is 0 Å². The molecule has 3 heteroatoms. The quantitative estimate of drug-likeness (QED) is 0.853. The molecule has 0 aliphatic carbocycles. The van der Waals surface area contributed by atoms with E-state index in [0.717, 1.165) is 25.4 Å². The molecule has 19 heavy (non-hydrogen) atoms. The standard InChI is InChI=1S/C16H26N2O/c1-3-19-16-10-5-4-9-15(16)18-13-7-6-8-14(18)11-12-17-2/h4-5,9-10,14,17H,3,6-8,11-13H2,1-2H3. The third kappa shape index (κ3) is 3.63. The molecule has 0 amide bonds. The van der Waals surface area contributed by atoms with Crippen molar-refractivity contribution in [3.8, 4) is 5.75 Å². The van der Waals surface area contributed by atoms with Crippen LogP contribution in [-0.2, 0) is 0 Å². The average Bonchev–Trinajstić information content (AvgIpc) is 2.46. The van der Waals surface area contributed by atoms with E-state index in [1.165, 1.54) is 31.4 Å². The SMILES string of the molecule is CCOc1ccccc1N1CCCCC1CCNC. The monoisotopic (exact) mass is 262 g/mol. The van der Waals surface area contributed by atoms with Crippen LogP contribution in [0.4, 0.5) is 5.69 Å². The molecule has 0 radical (unpaired) electrons. The number of piperidine rings is 1. The lowest BCUT2D eigenvalue weighted by molar-refractivity contribution is 0.336. The summed E-state index contributed by atoms with van der Waals surface area (Å²) in [5.41, 5.74) is 1.27. The Morgan fingerprint density at radius 3 is 2.95 bits per heavy atom. The highest BCUT2D eigenvalue weighted by Gasteiger charge is 2.24. The van der Waals surface area contributed by atoms with E-state index in [4.69, 9.17) is 4.74 Å². The lowest BCUT2D eigenvalue weighted by atomic mass is 9.98. The van der Waals surface area contributed by atoms with Gasteiger partial charge in [0.2, 0.25) is 0 Å². The van der Waals surface area contributed by atoms with Crippen LogP contribution < -0.4 is 15.0 Å². The van der Waals surface area contributed by atoms with Gasteiger partial charge in [0.1, 0.15) is 5.75 Å². The number of nitrogens with one attached hydrogen (secondary N) is 1. The average molecular weight is 262 g/mol. The fourth-order valence-corrected chi connectivity index (χ4v) is 2.90. The highest BCUT2D eigenvalue weighted by Crippen LogP contribution is 2.33. The topological polar surface area (TPSA) is 24.5 Å². The molecular weight excluding hydrogens is 236 g/mol. The molecule has 1 aromatic carbocycles. The normalized spacial score (nSPS) is 19.5. The van der Waals surface area contributed by atoms with Gasteiger partial charge in [-0.25, -0.2) is 0 Å². The zero-order valence-corrected chi connectivity index (χ0v) is 12.2. The van der Waals surface area contributed by atoms with Crippen molar-refractivity contribution in [2.75, 3.05) is 31.6 Å². The number of hydrogen-bond acceptors (Lipinski definition) is 3. The maximum absolute atomic E-state index is 5.79. The van der Waals surface area contributed by atoms with Crippen LogP contribution in [0.5, 0.6) is 5.75 Å². The van der Waals surface area contributed by atoms with Crippen LogP contribution in [0, 0.1) is 0 Å². The first kappa shape index (κ1) is 14.2. The summed E-state index contributed by atoms with van der Waals surface area (Å²) in [5, 5.41) is 3.27. The zero-order chi connectivity index (χ0) is 13.5. The minimum atomic E-state index is 0.641. The van der Waals surface area contributed by atoms with Gasteiger partial charge in [-0.05, 0) is 58.3 Å². The summed E-state index contributed by atoms with van der Waals surface area (Å²) in [6, 6.07) is 9.09. The van der Waals surface area contributed by atoms with Gasteiger partial charge < -0.3 is 15.0 Å². The van der Waals surface area contributed by atoms with E-state index in [9.17, 15) is 0 Å². The van der Waals surface area contributed by atoms with Gasteiger partial charge >= 0.3 is 0 Å². The summed E-state index contributed by atoms with van der Waals surface area (Å²) >= 11 is 0. The van der Waals surface area contributed by atoms with Crippen molar-refractivity contribution in [3.05, 3.63) is 24.3 Å². The Balaban J connectivity index is 2.16. The van der Waals surface area contributed by atoms with Crippen LogP contribution in [0.2, 0.25) is 0 Å². The van der Waals surface area contributed by atoms with Crippen LogP contribution >= 0.6 is 0 Å². The number of hydrogen-bond donors (Lipinski definition) is 1. The number of rotatable bonds is 6. The maximum atomic E-state index is 5.79. The van der Waals surface area contributed by atoms with Gasteiger partial charge in [-0.15, -0.1) is 0 Å². The minimum absolute atomic E-state index is 0.641. The molecule has 0 saturated carbocycles. The Hall–Kier alpha value is -1.22. The third-order valence-corrected chi connectivity index (χ3v) is 3.83. The Labute approximate surface area is 116 Å². The van der Waals surface area contributed by atoms with Crippen LogP contribution in [0.15, 0.2) is 24.3 Å². The molecule has 2 rings (SSSR count).